The van der Waals surface area contributed by atoms with Gasteiger partial charge >= 0.3 is 0 Å². The smallest absolute Gasteiger partial charge is 0.166 e. The molecule has 3 atom stereocenters. The molecule has 4 nitrogen and oxygen atoms in total. The van der Waals surface area contributed by atoms with Crippen molar-refractivity contribution in [3.05, 3.63) is 47.7 Å². The van der Waals surface area contributed by atoms with E-state index < -0.39 is 0 Å². The van der Waals surface area contributed by atoms with E-state index in [-0.39, 0.29) is 17.3 Å². The van der Waals surface area contributed by atoms with Crippen molar-refractivity contribution < 1.29 is 14.6 Å². The van der Waals surface area contributed by atoms with Crippen LogP contribution in [0, 0.1) is 0 Å². The monoisotopic (exact) mass is 313 g/mol. The molecular weight excluding hydrogens is 290 g/mol. The molecule has 1 aromatic carbocycles. The molecule has 2 heterocycles. The lowest BCUT2D eigenvalue weighted by Crippen LogP contribution is -2.55. The third-order valence-corrected chi connectivity index (χ3v) is 5.82. The lowest BCUT2D eigenvalue weighted by Gasteiger charge is -2.49. The average Bonchev–Trinajstić information content (AvgIpc) is 2.88. The summed E-state index contributed by atoms with van der Waals surface area (Å²) in [6.45, 7) is 4.82. The van der Waals surface area contributed by atoms with Crippen molar-refractivity contribution in [3.8, 4) is 11.5 Å². The number of phenolic OH excluding ortho intramolecular Hbond substituents is 1. The number of benzene rings is 1. The standard InChI is InChI=1S/C19H23NO3/c1-4-5-15(22-3)18-19-8-9-20(2)13(11-19)10-12-6-7-14(21)17(23-18)16(12)19/h4-7,13,18,21H,1,8-11H2,2-3H3/b15-5+/t13-,18+,19+/m1/s1. The van der Waals surface area contributed by atoms with E-state index >= 15 is 0 Å². The van der Waals surface area contributed by atoms with Crippen LogP contribution in [0.4, 0.5) is 0 Å². The van der Waals surface area contributed by atoms with E-state index in [4.69, 9.17) is 9.47 Å². The number of likely N-dealkylation sites (N-methyl/N-ethyl adjacent to an activating group) is 1. The van der Waals surface area contributed by atoms with Gasteiger partial charge in [-0.05, 0) is 50.6 Å². The highest BCUT2D eigenvalue weighted by Crippen LogP contribution is 2.59. The third kappa shape index (κ3) is 1.88. The van der Waals surface area contributed by atoms with E-state index in [9.17, 15) is 5.11 Å². The van der Waals surface area contributed by atoms with Crippen LogP contribution in [0.2, 0.25) is 0 Å². The number of ether oxygens (including phenoxy) is 2. The van der Waals surface area contributed by atoms with Crippen LogP contribution in [0.5, 0.6) is 11.5 Å². The van der Waals surface area contributed by atoms with Crippen LogP contribution < -0.4 is 4.74 Å². The normalized spacial score (nSPS) is 32.2. The second-order valence-corrected chi connectivity index (χ2v) is 6.90. The van der Waals surface area contributed by atoms with Crippen LogP contribution in [-0.2, 0) is 16.6 Å². The van der Waals surface area contributed by atoms with E-state index in [1.165, 1.54) is 11.1 Å². The molecule has 3 aliphatic rings. The van der Waals surface area contributed by atoms with Gasteiger partial charge in [0.15, 0.2) is 17.6 Å². The molecule has 23 heavy (non-hydrogen) atoms. The van der Waals surface area contributed by atoms with Crippen LogP contribution in [0.3, 0.4) is 0 Å². The number of hydrogen-bond donors (Lipinski definition) is 1. The number of allylic oxidation sites excluding steroid dienone is 2. The van der Waals surface area contributed by atoms with Gasteiger partial charge in [0.05, 0.1) is 7.11 Å². The minimum Gasteiger partial charge on any atom is -0.504 e. The van der Waals surface area contributed by atoms with E-state index in [0.717, 1.165) is 31.6 Å². The zero-order valence-corrected chi connectivity index (χ0v) is 13.7. The minimum absolute atomic E-state index is 0.107. The Balaban J connectivity index is 1.92. The van der Waals surface area contributed by atoms with E-state index in [0.29, 0.717) is 11.8 Å². The van der Waals surface area contributed by atoms with Gasteiger partial charge in [-0.25, -0.2) is 0 Å². The minimum atomic E-state index is -0.191. The summed E-state index contributed by atoms with van der Waals surface area (Å²) in [7, 11) is 3.87. The van der Waals surface area contributed by atoms with Gasteiger partial charge in [-0.1, -0.05) is 18.7 Å². The highest BCUT2D eigenvalue weighted by Gasteiger charge is 2.58. The molecule has 4 heteroatoms. The largest absolute Gasteiger partial charge is 0.504 e. The van der Waals surface area contributed by atoms with Crippen molar-refractivity contribution >= 4 is 0 Å². The summed E-state index contributed by atoms with van der Waals surface area (Å²) in [5.41, 5.74) is 2.40. The molecule has 1 aliphatic carbocycles. The first-order valence-electron chi connectivity index (χ1n) is 8.19. The summed E-state index contributed by atoms with van der Waals surface area (Å²) >= 11 is 0. The van der Waals surface area contributed by atoms with Crippen LogP contribution in [-0.4, -0.2) is 42.9 Å². The lowest BCUT2D eigenvalue weighted by atomic mass is 9.61. The molecule has 0 radical (unpaired) electrons. The number of piperidine rings is 1. The van der Waals surface area contributed by atoms with E-state index in [2.05, 4.69) is 24.6 Å². The van der Waals surface area contributed by atoms with Gasteiger partial charge in [0, 0.05) is 17.0 Å². The summed E-state index contributed by atoms with van der Waals surface area (Å²) in [6.07, 6.45) is 6.48. The van der Waals surface area contributed by atoms with Crippen LogP contribution in [0.15, 0.2) is 36.6 Å². The molecule has 0 saturated carbocycles. The van der Waals surface area contributed by atoms with Crippen molar-refractivity contribution in [1.82, 2.24) is 4.90 Å². The number of fused-ring (bicyclic) bond motifs is 1. The Hall–Kier alpha value is -1.94. The highest BCUT2D eigenvalue weighted by molar-refractivity contribution is 5.60. The number of methoxy groups -OCH3 is 1. The highest BCUT2D eigenvalue weighted by atomic mass is 16.5. The molecule has 122 valence electrons. The Morgan fingerprint density at radius 2 is 2.35 bits per heavy atom. The Morgan fingerprint density at radius 1 is 1.52 bits per heavy atom. The van der Waals surface area contributed by atoms with Crippen LogP contribution in [0.1, 0.15) is 24.0 Å². The molecule has 1 N–H and O–H groups in total. The maximum Gasteiger partial charge on any atom is 0.166 e. The van der Waals surface area contributed by atoms with Gasteiger partial charge < -0.3 is 19.5 Å². The Morgan fingerprint density at radius 3 is 3.09 bits per heavy atom. The lowest BCUT2D eigenvalue weighted by molar-refractivity contribution is 0.0356. The summed E-state index contributed by atoms with van der Waals surface area (Å²) < 4.78 is 11.9. The summed E-state index contributed by atoms with van der Waals surface area (Å²) in [6, 6.07) is 4.33. The Bertz CT molecular complexity index is 696. The van der Waals surface area contributed by atoms with Gasteiger partial charge in [-0.15, -0.1) is 0 Å². The summed E-state index contributed by atoms with van der Waals surface area (Å²) in [5, 5.41) is 10.3. The molecule has 1 saturated heterocycles. The first kappa shape index (κ1) is 14.6. The molecule has 4 rings (SSSR count). The molecule has 2 bridgehead atoms. The predicted molar refractivity (Wildman–Crippen MR) is 88.8 cm³/mol. The zero-order valence-electron chi connectivity index (χ0n) is 13.7. The van der Waals surface area contributed by atoms with Crippen LogP contribution >= 0.6 is 0 Å². The zero-order chi connectivity index (χ0) is 16.2. The third-order valence-electron chi connectivity index (χ3n) is 5.82. The van der Waals surface area contributed by atoms with Gasteiger partial charge in [0.1, 0.15) is 5.76 Å². The number of likely N-dealkylation sites (tertiary alicyclic amines) is 1. The second-order valence-electron chi connectivity index (χ2n) is 6.90. The first-order chi connectivity index (χ1) is 11.1. The number of phenols is 1. The van der Waals surface area contributed by atoms with Crippen molar-refractivity contribution in [2.45, 2.75) is 36.8 Å². The molecule has 0 amide bonds. The fraction of sp³-hybridized carbons (Fsp3) is 0.474. The van der Waals surface area contributed by atoms with Gasteiger partial charge in [-0.3, -0.25) is 0 Å². The molecular formula is C19H23NO3. The number of rotatable bonds is 3. The molecule has 1 aromatic rings. The fourth-order valence-corrected chi connectivity index (χ4v) is 4.70. The quantitative estimate of drug-likeness (QED) is 0.688. The SMILES string of the molecule is C=C/C=C(/OC)[C@@H]1Oc2c(O)ccc3c2[C@@]12CCN(C)[C@H](C3)C2. The Kier molecular flexibility index (Phi) is 3.20. The molecule has 1 fully saturated rings. The number of nitrogens with zero attached hydrogens (tertiary/aromatic N) is 1. The average molecular weight is 313 g/mol. The van der Waals surface area contributed by atoms with E-state index in [1.807, 2.05) is 6.08 Å². The van der Waals surface area contributed by atoms with Crippen LogP contribution in [0.25, 0.3) is 0 Å². The number of hydrogen-bond acceptors (Lipinski definition) is 4. The first-order valence-corrected chi connectivity index (χ1v) is 8.19. The molecule has 0 unspecified atom stereocenters. The van der Waals surface area contributed by atoms with Crippen molar-refractivity contribution in [3.63, 3.8) is 0 Å². The maximum absolute atomic E-state index is 10.3. The topological polar surface area (TPSA) is 41.9 Å². The molecule has 0 aromatic heterocycles. The molecule has 2 aliphatic heterocycles. The maximum atomic E-state index is 10.3. The van der Waals surface area contributed by atoms with Gasteiger partial charge in [0.25, 0.3) is 0 Å². The Labute approximate surface area is 137 Å². The van der Waals surface area contributed by atoms with Crippen molar-refractivity contribution in [2.24, 2.45) is 0 Å². The van der Waals surface area contributed by atoms with Gasteiger partial charge in [-0.2, -0.15) is 0 Å². The second kappa shape index (κ2) is 5.03. The predicted octanol–water partition coefficient (Wildman–Crippen LogP) is 2.76. The number of aromatic hydroxyl groups is 1. The summed E-state index contributed by atoms with van der Waals surface area (Å²) in [5.74, 6) is 1.67. The fourth-order valence-electron chi connectivity index (χ4n) is 4.70. The van der Waals surface area contributed by atoms with Crippen molar-refractivity contribution in [2.75, 3.05) is 20.7 Å². The van der Waals surface area contributed by atoms with Gasteiger partial charge in [0.2, 0.25) is 0 Å². The summed E-state index contributed by atoms with van der Waals surface area (Å²) in [4.78, 5) is 2.44. The molecule has 1 spiro atoms. The van der Waals surface area contributed by atoms with Crippen molar-refractivity contribution in [1.29, 1.82) is 0 Å². The van der Waals surface area contributed by atoms with E-state index in [1.54, 1.807) is 19.3 Å².